The highest BCUT2D eigenvalue weighted by molar-refractivity contribution is 6.12. The Morgan fingerprint density at radius 1 is 1.43 bits per heavy atom. The van der Waals surface area contributed by atoms with E-state index in [1.807, 2.05) is 0 Å². The van der Waals surface area contributed by atoms with Crippen LogP contribution in [0.15, 0.2) is 24.0 Å². The van der Waals surface area contributed by atoms with Gasteiger partial charge < -0.3 is 14.6 Å². The lowest BCUT2D eigenvalue weighted by Crippen LogP contribution is -2.55. The normalized spacial score (nSPS) is 31.6. The molecule has 0 amide bonds. The Morgan fingerprint density at radius 2 is 2.14 bits per heavy atom. The van der Waals surface area contributed by atoms with Gasteiger partial charge in [0.05, 0.1) is 25.6 Å². The van der Waals surface area contributed by atoms with E-state index in [1.165, 1.54) is 20.3 Å². The highest BCUT2D eigenvalue weighted by atomic mass is 16.5. The van der Waals surface area contributed by atoms with Crippen molar-refractivity contribution >= 4 is 17.5 Å². The van der Waals surface area contributed by atoms with E-state index in [4.69, 9.17) is 14.6 Å². The molecule has 0 heterocycles. The zero-order valence-corrected chi connectivity index (χ0v) is 12.0. The van der Waals surface area contributed by atoms with Crippen molar-refractivity contribution in [1.82, 2.24) is 0 Å². The highest BCUT2D eigenvalue weighted by Gasteiger charge is 2.57. The van der Waals surface area contributed by atoms with Crippen molar-refractivity contribution in [1.29, 1.82) is 0 Å². The Hall–Kier alpha value is -1.95. The SMILES string of the molecule is COCC12C(=O)C(OC)=CC(=O)C1CC=CC2CC(=O)O. The second-order valence-corrected chi connectivity index (χ2v) is 5.34. The van der Waals surface area contributed by atoms with Gasteiger partial charge in [0.25, 0.3) is 0 Å². The minimum Gasteiger partial charge on any atom is -0.493 e. The number of hydrogen-bond acceptors (Lipinski definition) is 5. The number of Topliss-reactive ketones (excluding diaryl/α,β-unsaturated/α-hetero) is 1. The predicted octanol–water partition coefficient (Wildman–Crippen LogP) is 0.968. The number of ether oxygens (including phenoxy) is 2. The van der Waals surface area contributed by atoms with E-state index >= 15 is 0 Å². The molecule has 6 nitrogen and oxygen atoms in total. The summed E-state index contributed by atoms with van der Waals surface area (Å²) in [4.78, 5) is 36.2. The third-order valence-corrected chi connectivity index (χ3v) is 4.28. The smallest absolute Gasteiger partial charge is 0.303 e. The molecule has 3 atom stereocenters. The first-order valence-electron chi connectivity index (χ1n) is 6.69. The van der Waals surface area contributed by atoms with Crippen LogP contribution in [0.5, 0.6) is 0 Å². The first-order chi connectivity index (χ1) is 9.97. The molecule has 1 N–H and O–H groups in total. The van der Waals surface area contributed by atoms with Crippen molar-refractivity contribution in [3.8, 4) is 0 Å². The molecule has 0 aromatic carbocycles. The van der Waals surface area contributed by atoms with Gasteiger partial charge in [0.15, 0.2) is 11.5 Å². The summed E-state index contributed by atoms with van der Waals surface area (Å²) in [7, 11) is 2.76. The second kappa shape index (κ2) is 5.81. The van der Waals surface area contributed by atoms with Crippen molar-refractivity contribution in [3.05, 3.63) is 24.0 Å². The molecule has 2 aliphatic carbocycles. The van der Waals surface area contributed by atoms with Crippen LogP contribution in [0, 0.1) is 17.3 Å². The topological polar surface area (TPSA) is 89.9 Å². The molecule has 0 bridgehead atoms. The lowest BCUT2D eigenvalue weighted by molar-refractivity contribution is -0.152. The number of aliphatic carboxylic acids is 1. The van der Waals surface area contributed by atoms with Crippen molar-refractivity contribution in [2.24, 2.45) is 17.3 Å². The number of carbonyl (C=O) groups is 3. The predicted molar refractivity (Wildman–Crippen MR) is 72.4 cm³/mol. The van der Waals surface area contributed by atoms with Gasteiger partial charge in [0.1, 0.15) is 0 Å². The average molecular weight is 294 g/mol. The summed E-state index contributed by atoms with van der Waals surface area (Å²) in [5.74, 6) is -2.81. The monoisotopic (exact) mass is 294 g/mol. The zero-order valence-electron chi connectivity index (χ0n) is 12.0. The van der Waals surface area contributed by atoms with E-state index < -0.39 is 23.2 Å². The maximum absolute atomic E-state index is 12.8. The number of carboxylic acid groups (broad SMARTS) is 1. The molecule has 3 unspecified atom stereocenters. The zero-order chi connectivity index (χ0) is 15.6. The maximum Gasteiger partial charge on any atom is 0.303 e. The number of hydrogen-bond donors (Lipinski definition) is 1. The lowest BCUT2D eigenvalue weighted by Gasteiger charge is -2.46. The molecule has 114 valence electrons. The van der Waals surface area contributed by atoms with Crippen LogP contribution in [0.4, 0.5) is 0 Å². The van der Waals surface area contributed by atoms with Crippen LogP contribution in [-0.4, -0.2) is 43.5 Å². The molecule has 0 spiro atoms. The highest BCUT2D eigenvalue weighted by Crippen LogP contribution is 2.49. The van der Waals surface area contributed by atoms with Crippen LogP contribution < -0.4 is 0 Å². The fourth-order valence-electron chi connectivity index (χ4n) is 3.34. The van der Waals surface area contributed by atoms with Crippen LogP contribution in [0.3, 0.4) is 0 Å². The Bertz CT molecular complexity index is 532. The molecule has 2 rings (SSSR count). The van der Waals surface area contributed by atoms with E-state index in [0.717, 1.165) is 0 Å². The van der Waals surface area contributed by atoms with E-state index in [0.29, 0.717) is 6.42 Å². The fraction of sp³-hybridized carbons (Fsp3) is 0.533. The number of ketones is 2. The molecule has 0 radical (unpaired) electrons. The fourth-order valence-corrected chi connectivity index (χ4v) is 3.34. The van der Waals surface area contributed by atoms with Gasteiger partial charge in [-0.05, 0) is 6.42 Å². The van der Waals surface area contributed by atoms with E-state index in [2.05, 4.69) is 0 Å². The Labute approximate surface area is 122 Å². The Kier molecular flexibility index (Phi) is 4.27. The lowest BCUT2D eigenvalue weighted by atomic mass is 9.56. The molecule has 6 heteroatoms. The standard InChI is InChI=1S/C15H18O6/c1-20-8-15-9(6-13(17)18)4-3-5-10(15)11(16)7-12(21-2)14(15)19/h3-4,7,9-10H,5-6,8H2,1-2H3,(H,17,18). The Morgan fingerprint density at radius 3 is 2.71 bits per heavy atom. The molecule has 0 saturated heterocycles. The quantitative estimate of drug-likeness (QED) is 0.760. The average Bonchev–Trinajstić information content (AvgIpc) is 2.44. The molecule has 2 aliphatic rings. The summed E-state index contributed by atoms with van der Waals surface area (Å²) in [6.45, 7) is -0.00870. The van der Waals surface area contributed by atoms with Gasteiger partial charge in [0.2, 0.25) is 5.78 Å². The van der Waals surface area contributed by atoms with Crippen LogP contribution in [0.1, 0.15) is 12.8 Å². The molecule has 0 aromatic rings. The number of fused-ring (bicyclic) bond motifs is 1. The number of methoxy groups -OCH3 is 2. The Balaban J connectivity index is 2.55. The molecular weight excluding hydrogens is 276 g/mol. The summed E-state index contributed by atoms with van der Waals surface area (Å²) < 4.78 is 10.2. The largest absolute Gasteiger partial charge is 0.493 e. The summed E-state index contributed by atoms with van der Waals surface area (Å²) >= 11 is 0. The van der Waals surface area contributed by atoms with E-state index in [-0.39, 0.29) is 30.4 Å². The number of carbonyl (C=O) groups excluding carboxylic acids is 2. The first-order valence-corrected chi connectivity index (χ1v) is 6.69. The van der Waals surface area contributed by atoms with E-state index in [1.54, 1.807) is 12.2 Å². The van der Waals surface area contributed by atoms with Crippen molar-refractivity contribution < 1.29 is 29.0 Å². The minimum absolute atomic E-state index is 0.00870. The van der Waals surface area contributed by atoms with Gasteiger partial charge in [-0.2, -0.15) is 0 Å². The number of allylic oxidation sites excluding steroid dienone is 4. The van der Waals surface area contributed by atoms with Crippen LogP contribution >= 0.6 is 0 Å². The summed E-state index contributed by atoms with van der Waals surface area (Å²) in [5.41, 5.74) is -1.20. The number of rotatable bonds is 5. The summed E-state index contributed by atoms with van der Waals surface area (Å²) in [5, 5.41) is 9.10. The second-order valence-electron chi connectivity index (χ2n) is 5.34. The first kappa shape index (κ1) is 15.4. The van der Waals surface area contributed by atoms with Gasteiger partial charge in [0, 0.05) is 25.0 Å². The third-order valence-electron chi connectivity index (χ3n) is 4.28. The van der Waals surface area contributed by atoms with Crippen LogP contribution in [0.25, 0.3) is 0 Å². The number of carboxylic acids is 1. The molecule has 0 aliphatic heterocycles. The minimum atomic E-state index is -1.20. The molecule has 21 heavy (non-hydrogen) atoms. The van der Waals surface area contributed by atoms with Gasteiger partial charge in [-0.1, -0.05) is 12.2 Å². The molecule has 0 fully saturated rings. The van der Waals surface area contributed by atoms with E-state index in [9.17, 15) is 14.4 Å². The molecular formula is C15H18O6. The van der Waals surface area contributed by atoms with Crippen LogP contribution in [-0.2, 0) is 23.9 Å². The van der Waals surface area contributed by atoms with Gasteiger partial charge >= 0.3 is 5.97 Å². The van der Waals surface area contributed by atoms with Gasteiger partial charge in [-0.3, -0.25) is 14.4 Å². The summed E-state index contributed by atoms with van der Waals surface area (Å²) in [6.07, 6.45) is 4.85. The van der Waals surface area contributed by atoms with Crippen LogP contribution in [0.2, 0.25) is 0 Å². The van der Waals surface area contributed by atoms with Crippen molar-refractivity contribution in [3.63, 3.8) is 0 Å². The summed E-state index contributed by atoms with van der Waals surface area (Å²) in [6, 6.07) is 0. The third kappa shape index (κ3) is 2.40. The van der Waals surface area contributed by atoms with Crippen molar-refractivity contribution in [2.45, 2.75) is 12.8 Å². The molecule has 0 aromatic heterocycles. The maximum atomic E-state index is 12.8. The van der Waals surface area contributed by atoms with Gasteiger partial charge in [-0.25, -0.2) is 0 Å². The molecule has 0 saturated carbocycles. The van der Waals surface area contributed by atoms with Crippen molar-refractivity contribution in [2.75, 3.05) is 20.8 Å². The van der Waals surface area contributed by atoms with Gasteiger partial charge in [-0.15, -0.1) is 0 Å².